The van der Waals surface area contributed by atoms with Crippen molar-refractivity contribution in [1.29, 1.82) is 0 Å². The van der Waals surface area contributed by atoms with Gasteiger partial charge >= 0.3 is 0 Å². The van der Waals surface area contributed by atoms with E-state index in [4.69, 9.17) is 10.5 Å². The summed E-state index contributed by atoms with van der Waals surface area (Å²) in [6, 6.07) is 17.2. The molecule has 0 unspecified atom stereocenters. The summed E-state index contributed by atoms with van der Waals surface area (Å²) in [5.41, 5.74) is 6.98. The second kappa shape index (κ2) is 6.59. The summed E-state index contributed by atoms with van der Waals surface area (Å²) in [6.07, 6.45) is 1.96. The Bertz CT molecular complexity index is 520. The Labute approximate surface area is 113 Å². The Morgan fingerprint density at radius 1 is 1.00 bits per heavy atom. The minimum absolute atomic E-state index is 0.421. The summed E-state index contributed by atoms with van der Waals surface area (Å²) in [4.78, 5) is 10.9. The number of aryl methyl sites for hydroxylation is 1. The van der Waals surface area contributed by atoms with Gasteiger partial charge in [-0.1, -0.05) is 30.3 Å². The Kier molecular flexibility index (Phi) is 4.56. The zero-order valence-corrected chi connectivity index (χ0v) is 10.7. The highest BCUT2D eigenvalue weighted by Gasteiger charge is 2.00. The van der Waals surface area contributed by atoms with Crippen molar-refractivity contribution in [3.8, 4) is 5.75 Å². The van der Waals surface area contributed by atoms with Crippen molar-refractivity contribution in [2.24, 2.45) is 5.73 Å². The number of rotatable bonds is 6. The summed E-state index contributed by atoms with van der Waals surface area (Å²) in [6.45, 7) is 0.658. The summed E-state index contributed by atoms with van der Waals surface area (Å²) in [7, 11) is 0. The highest BCUT2D eigenvalue weighted by Crippen LogP contribution is 2.12. The van der Waals surface area contributed by atoms with E-state index in [-0.39, 0.29) is 0 Å². The molecule has 0 aliphatic carbocycles. The molecule has 98 valence electrons. The average molecular weight is 255 g/mol. The standard InChI is InChI=1S/C16H17NO2/c17-16(18)14-8-10-15(11-9-14)19-12-4-7-13-5-2-1-3-6-13/h1-3,5-6,8-11H,4,7,12H2,(H2,17,18). The van der Waals surface area contributed by atoms with Crippen LogP contribution in [0.2, 0.25) is 0 Å². The van der Waals surface area contributed by atoms with Gasteiger partial charge in [0.05, 0.1) is 6.61 Å². The summed E-state index contributed by atoms with van der Waals surface area (Å²) in [5.74, 6) is 0.341. The molecule has 19 heavy (non-hydrogen) atoms. The summed E-state index contributed by atoms with van der Waals surface area (Å²) < 4.78 is 5.61. The lowest BCUT2D eigenvalue weighted by atomic mass is 10.1. The molecule has 0 bridgehead atoms. The lowest BCUT2D eigenvalue weighted by Crippen LogP contribution is -2.10. The Morgan fingerprint density at radius 3 is 2.32 bits per heavy atom. The topological polar surface area (TPSA) is 52.3 Å². The van der Waals surface area contributed by atoms with E-state index in [0.29, 0.717) is 12.2 Å². The van der Waals surface area contributed by atoms with Crippen LogP contribution in [-0.2, 0) is 6.42 Å². The van der Waals surface area contributed by atoms with Gasteiger partial charge in [0, 0.05) is 5.56 Å². The van der Waals surface area contributed by atoms with Gasteiger partial charge in [0.2, 0.25) is 5.91 Å². The summed E-state index contributed by atoms with van der Waals surface area (Å²) >= 11 is 0. The SMILES string of the molecule is NC(=O)c1ccc(OCCCc2ccccc2)cc1. The van der Waals surface area contributed by atoms with Crippen LogP contribution >= 0.6 is 0 Å². The van der Waals surface area contributed by atoms with Gasteiger partial charge in [-0.25, -0.2) is 0 Å². The lowest BCUT2D eigenvalue weighted by Gasteiger charge is -2.06. The first kappa shape index (κ1) is 13.1. The third-order valence-electron chi connectivity index (χ3n) is 2.86. The van der Waals surface area contributed by atoms with E-state index in [2.05, 4.69) is 12.1 Å². The van der Waals surface area contributed by atoms with Crippen LogP contribution in [0.3, 0.4) is 0 Å². The molecule has 0 fully saturated rings. The maximum Gasteiger partial charge on any atom is 0.248 e. The number of nitrogens with two attached hydrogens (primary N) is 1. The van der Waals surface area contributed by atoms with Gasteiger partial charge in [-0.2, -0.15) is 0 Å². The predicted molar refractivity (Wildman–Crippen MR) is 75.2 cm³/mol. The van der Waals surface area contributed by atoms with Crippen molar-refractivity contribution >= 4 is 5.91 Å². The van der Waals surface area contributed by atoms with Crippen LogP contribution < -0.4 is 10.5 Å². The Balaban J connectivity index is 1.75. The van der Waals surface area contributed by atoms with Crippen molar-refractivity contribution in [2.75, 3.05) is 6.61 Å². The average Bonchev–Trinajstić information content (AvgIpc) is 2.45. The van der Waals surface area contributed by atoms with E-state index in [1.807, 2.05) is 18.2 Å². The molecule has 0 saturated carbocycles. The fourth-order valence-corrected chi connectivity index (χ4v) is 1.83. The fraction of sp³-hybridized carbons (Fsp3) is 0.188. The van der Waals surface area contributed by atoms with Gasteiger partial charge in [0.25, 0.3) is 0 Å². The highest BCUT2D eigenvalue weighted by molar-refractivity contribution is 5.92. The zero-order chi connectivity index (χ0) is 13.5. The van der Waals surface area contributed by atoms with E-state index >= 15 is 0 Å². The molecule has 0 aromatic heterocycles. The third-order valence-corrected chi connectivity index (χ3v) is 2.86. The van der Waals surface area contributed by atoms with Crippen LogP contribution in [0.4, 0.5) is 0 Å². The van der Waals surface area contributed by atoms with Crippen LogP contribution in [0.5, 0.6) is 5.75 Å². The van der Waals surface area contributed by atoms with Crippen molar-refractivity contribution in [1.82, 2.24) is 0 Å². The molecule has 0 heterocycles. The molecular weight excluding hydrogens is 238 g/mol. The molecule has 1 amide bonds. The van der Waals surface area contributed by atoms with E-state index in [9.17, 15) is 4.79 Å². The fourth-order valence-electron chi connectivity index (χ4n) is 1.83. The first-order valence-corrected chi connectivity index (χ1v) is 6.32. The highest BCUT2D eigenvalue weighted by atomic mass is 16.5. The van der Waals surface area contributed by atoms with Crippen molar-refractivity contribution < 1.29 is 9.53 Å². The number of amides is 1. The second-order valence-electron chi connectivity index (χ2n) is 4.33. The second-order valence-corrected chi connectivity index (χ2v) is 4.33. The van der Waals surface area contributed by atoms with Gasteiger partial charge in [0.1, 0.15) is 5.75 Å². The van der Waals surface area contributed by atoms with Crippen LogP contribution in [0, 0.1) is 0 Å². The van der Waals surface area contributed by atoms with Gasteiger partial charge in [-0.3, -0.25) is 4.79 Å². The summed E-state index contributed by atoms with van der Waals surface area (Å²) in [5, 5.41) is 0. The van der Waals surface area contributed by atoms with E-state index in [1.54, 1.807) is 24.3 Å². The predicted octanol–water partition coefficient (Wildman–Crippen LogP) is 2.80. The van der Waals surface area contributed by atoms with Gasteiger partial charge in [0.15, 0.2) is 0 Å². The number of carbonyl (C=O) groups excluding carboxylic acids is 1. The molecule has 0 aliphatic heterocycles. The smallest absolute Gasteiger partial charge is 0.248 e. The largest absolute Gasteiger partial charge is 0.494 e. The number of benzene rings is 2. The molecule has 0 spiro atoms. The van der Waals surface area contributed by atoms with Gasteiger partial charge in [-0.05, 0) is 42.7 Å². The molecule has 0 atom stereocenters. The van der Waals surface area contributed by atoms with Crippen LogP contribution in [-0.4, -0.2) is 12.5 Å². The third kappa shape index (κ3) is 4.14. The molecule has 2 rings (SSSR count). The Morgan fingerprint density at radius 2 is 1.68 bits per heavy atom. The number of ether oxygens (including phenoxy) is 1. The molecule has 0 saturated heterocycles. The molecule has 2 N–H and O–H groups in total. The minimum Gasteiger partial charge on any atom is -0.494 e. The normalized spacial score (nSPS) is 10.1. The first-order valence-electron chi connectivity index (χ1n) is 6.32. The van der Waals surface area contributed by atoms with Gasteiger partial charge in [-0.15, -0.1) is 0 Å². The van der Waals surface area contributed by atoms with Crippen molar-refractivity contribution in [3.05, 3.63) is 65.7 Å². The quantitative estimate of drug-likeness (QED) is 0.807. The van der Waals surface area contributed by atoms with Gasteiger partial charge < -0.3 is 10.5 Å². The lowest BCUT2D eigenvalue weighted by molar-refractivity contribution is 0.100. The minimum atomic E-state index is -0.421. The van der Waals surface area contributed by atoms with Crippen LogP contribution in [0.1, 0.15) is 22.3 Å². The Hall–Kier alpha value is -2.29. The molecular formula is C16H17NO2. The van der Waals surface area contributed by atoms with E-state index in [1.165, 1.54) is 5.56 Å². The van der Waals surface area contributed by atoms with Crippen LogP contribution in [0.25, 0.3) is 0 Å². The number of carbonyl (C=O) groups is 1. The first-order chi connectivity index (χ1) is 9.25. The molecule has 2 aromatic rings. The molecule has 0 aliphatic rings. The molecule has 2 aromatic carbocycles. The zero-order valence-electron chi connectivity index (χ0n) is 10.7. The van der Waals surface area contributed by atoms with Crippen molar-refractivity contribution in [2.45, 2.75) is 12.8 Å². The maximum atomic E-state index is 10.9. The number of hydrogen-bond acceptors (Lipinski definition) is 2. The van der Waals surface area contributed by atoms with E-state index < -0.39 is 5.91 Å². The molecule has 0 radical (unpaired) electrons. The van der Waals surface area contributed by atoms with E-state index in [0.717, 1.165) is 18.6 Å². The molecule has 3 heteroatoms. The van der Waals surface area contributed by atoms with Crippen molar-refractivity contribution in [3.63, 3.8) is 0 Å². The van der Waals surface area contributed by atoms with Crippen LogP contribution in [0.15, 0.2) is 54.6 Å². The molecule has 3 nitrogen and oxygen atoms in total. The monoisotopic (exact) mass is 255 g/mol. The number of primary amides is 1. The maximum absolute atomic E-state index is 10.9. The number of hydrogen-bond donors (Lipinski definition) is 1.